The first kappa shape index (κ1) is 18.9. The van der Waals surface area contributed by atoms with Gasteiger partial charge in [0.1, 0.15) is 5.82 Å². The van der Waals surface area contributed by atoms with Crippen molar-refractivity contribution in [3.05, 3.63) is 35.6 Å². The Hall–Kier alpha value is -1.13. The van der Waals surface area contributed by atoms with Crippen LogP contribution in [-0.4, -0.2) is 30.4 Å². The number of hydrogen-bond acceptors (Lipinski definition) is 2. The van der Waals surface area contributed by atoms with Gasteiger partial charge in [0.15, 0.2) is 0 Å². The first-order chi connectivity index (χ1) is 9.99. The zero-order valence-electron chi connectivity index (χ0n) is 13.5. The normalized spacial score (nSPS) is 19.7. The largest absolute Gasteiger partial charge is 0.333 e. The van der Waals surface area contributed by atoms with Gasteiger partial charge < -0.3 is 10.2 Å². The summed E-state index contributed by atoms with van der Waals surface area (Å²) < 4.78 is 13.4. The Labute approximate surface area is 138 Å². The Morgan fingerprint density at radius 3 is 2.77 bits per heavy atom. The fraction of sp³-hybridized carbons (Fsp3) is 0.588. The molecule has 0 saturated carbocycles. The van der Waals surface area contributed by atoms with Gasteiger partial charge in [-0.3, -0.25) is 4.79 Å². The van der Waals surface area contributed by atoms with E-state index < -0.39 is 0 Å². The van der Waals surface area contributed by atoms with Crippen molar-refractivity contribution >= 4 is 18.3 Å². The van der Waals surface area contributed by atoms with Crippen LogP contribution < -0.4 is 5.32 Å². The van der Waals surface area contributed by atoms with E-state index in [2.05, 4.69) is 26.1 Å². The van der Waals surface area contributed by atoms with Crippen LogP contribution in [0.15, 0.2) is 24.3 Å². The van der Waals surface area contributed by atoms with Crippen molar-refractivity contribution in [1.82, 2.24) is 10.2 Å². The summed E-state index contributed by atoms with van der Waals surface area (Å²) in [7, 11) is 0. The molecule has 1 aromatic carbocycles. The van der Waals surface area contributed by atoms with Gasteiger partial charge in [0, 0.05) is 26.1 Å². The highest BCUT2D eigenvalue weighted by Crippen LogP contribution is 2.25. The molecule has 2 rings (SSSR count). The van der Waals surface area contributed by atoms with Crippen molar-refractivity contribution in [3.63, 3.8) is 0 Å². The van der Waals surface area contributed by atoms with E-state index in [-0.39, 0.29) is 30.2 Å². The van der Waals surface area contributed by atoms with Gasteiger partial charge in [-0.15, -0.1) is 12.4 Å². The summed E-state index contributed by atoms with van der Waals surface area (Å²) in [5.41, 5.74) is 0.868. The third-order valence-electron chi connectivity index (χ3n) is 4.43. The summed E-state index contributed by atoms with van der Waals surface area (Å²) in [5.74, 6) is 0.776. The molecule has 5 heteroatoms. The summed E-state index contributed by atoms with van der Waals surface area (Å²) in [6.07, 6.45) is 0.559. The molecule has 1 heterocycles. The van der Waals surface area contributed by atoms with Crippen LogP contribution in [0.25, 0.3) is 0 Å². The highest BCUT2D eigenvalue weighted by Gasteiger charge is 2.29. The molecule has 2 atom stereocenters. The van der Waals surface area contributed by atoms with E-state index in [9.17, 15) is 9.18 Å². The van der Waals surface area contributed by atoms with Crippen LogP contribution >= 0.6 is 12.4 Å². The Bertz CT molecular complexity index is 495. The van der Waals surface area contributed by atoms with Crippen LogP contribution in [-0.2, 0) is 4.79 Å². The van der Waals surface area contributed by atoms with Crippen molar-refractivity contribution in [1.29, 1.82) is 0 Å². The Balaban J connectivity index is 0.00000242. The molecule has 0 aromatic heterocycles. The minimum atomic E-state index is -0.249. The summed E-state index contributed by atoms with van der Waals surface area (Å²) in [4.78, 5) is 14.5. The number of benzene rings is 1. The van der Waals surface area contributed by atoms with Crippen molar-refractivity contribution in [2.75, 3.05) is 19.6 Å². The van der Waals surface area contributed by atoms with Crippen molar-refractivity contribution in [2.45, 2.75) is 33.2 Å². The molecule has 124 valence electrons. The molecule has 1 saturated heterocycles. The maximum Gasteiger partial charge on any atom is 0.223 e. The van der Waals surface area contributed by atoms with E-state index in [0.717, 1.165) is 12.1 Å². The Morgan fingerprint density at radius 1 is 1.41 bits per heavy atom. The molecule has 2 unspecified atom stereocenters. The number of nitrogens with zero attached hydrogens (tertiary/aromatic N) is 1. The molecule has 0 spiro atoms. The smallest absolute Gasteiger partial charge is 0.223 e. The predicted molar refractivity (Wildman–Crippen MR) is 89.6 cm³/mol. The highest BCUT2D eigenvalue weighted by molar-refractivity contribution is 5.85. The van der Waals surface area contributed by atoms with Gasteiger partial charge >= 0.3 is 0 Å². The molecule has 0 bridgehead atoms. The lowest BCUT2D eigenvalue weighted by atomic mass is 9.93. The van der Waals surface area contributed by atoms with Crippen LogP contribution in [0.3, 0.4) is 0 Å². The van der Waals surface area contributed by atoms with E-state index in [4.69, 9.17) is 0 Å². The Morgan fingerprint density at radius 2 is 2.14 bits per heavy atom. The molecule has 1 amide bonds. The van der Waals surface area contributed by atoms with E-state index in [1.54, 1.807) is 6.07 Å². The summed E-state index contributed by atoms with van der Waals surface area (Å²) >= 11 is 0. The fourth-order valence-corrected chi connectivity index (χ4v) is 2.64. The molecule has 1 fully saturated rings. The zero-order valence-corrected chi connectivity index (χ0v) is 14.3. The number of piperazine rings is 1. The first-order valence-electron chi connectivity index (χ1n) is 7.74. The van der Waals surface area contributed by atoms with Gasteiger partial charge in [0.2, 0.25) is 5.91 Å². The molecule has 3 nitrogen and oxygen atoms in total. The van der Waals surface area contributed by atoms with Crippen molar-refractivity contribution < 1.29 is 9.18 Å². The number of nitrogens with one attached hydrogen (secondary N) is 1. The second-order valence-corrected chi connectivity index (χ2v) is 6.29. The minimum absolute atomic E-state index is 0. The number of carbonyl (C=O) groups excluding carboxylic acids is 1. The van der Waals surface area contributed by atoms with Crippen molar-refractivity contribution in [3.8, 4) is 0 Å². The topological polar surface area (TPSA) is 32.3 Å². The van der Waals surface area contributed by atoms with Crippen molar-refractivity contribution in [2.24, 2.45) is 11.8 Å². The first-order valence-corrected chi connectivity index (χ1v) is 7.74. The lowest BCUT2D eigenvalue weighted by molar-refractivity contribution is -0.135. The third kappa shape index (κ3) is 4.68. The summed E-state index contributed by atoms with van der Waals surface area (Å²) in [6, 6.07) is 6.50. The van der Waals surface area contributed by atoms with E-state index in [1.807, 2.05) is 11.0 Å². The molecule has 1 aromatic rings. The number of hydrogen-bond donors (Lipinski definition) is 1. The van der Waals surface area contributed by atoms with Crippen LogP contribution in [0.1, 0.15) is 38.8 Å². The fourth-order valence-electron chi connectivity index (χ4n) is 2.64. The summed E-state index contributed by atoms with van der Waals surface area (Å²) in [5, 5.41) is 3.30. The molecule has 1 aliphatic heterocycles. The molecule has 0 radical (unpaired) electrons. The van der Waals surface area contributed by atoms with Gasteiger partial charge in [0.25, 0.3) is 0 Å². The number of carbonyl (C=O) groups is 1. The zero-order chi connectivity index (χ0) is 15.4. The quantitative estimate of drug-likeness (QED) is 0.918. The average molecular weight is 329 g/mol. The van der Waals surface area contributed by atoms with Gasteiger partial charge in [-0.05, 0) is 29.5 Å². The lowest BCUT2D eigenvalue weighted by Gasteiger charge is -2.37. The van der Waals surface area contributed by atoms with Crippen LogP contribution in [0, 0.1) is 17.7 Å². The van der Waals surface area contributed by atoms with Gasteiger partial charge in [-0.25, -0.2) is 4.39 Å². The second-order valence-electron chi connectivity index (χ2n) is 6.29. The third-order valence-corrected chi connectivity index (χ3v) is 4.43. The average Bonchev–Trinajstić information content (AvgIpc) is 2.47. The molecular formula is C17H26ClFN2O. The maximum absolute atomic E-state index is 13.4. The number of rotatable bonds is 4. The van der Waals surface area contributed by atoms with Crippen LogP contribution in [0.4, 0.5) is 4.39 Å². The van der Waals surface area contributed by atoms with Gasteiger partial charge in [-0.1, -0.05) is 32.9 Å². The van der Waals surface area contributed by atoms with Gasteiger partial charge in [-0.2, -0.15) is 0 Å². The van der Waals surface area contributed by atoms with E-state index >= 15 is 0 Å². The molecule has 1 N–H and O–H groups in total. The van der Waals surface area contributed by atoms with Gasteiger partial charge in [0.05, 0.1) is 6.04 Å². The van der Waals surface area contributed by atoms with E-state index in [1.165, 1.54) is 12.1 Å². The Kier molecular flexibility index (Phi) is 7.30. The molecule has 22 heavy (non-hydrogen) atoms. The second kappa shape index (κ2) is 8.49. The lowest BCUT2D eigenvalue weighted by Crippen LogP contribution is -2.49. The monoisotopic (exact) mass is 328 g/mol. The molecular weight excluding hydrogens is 303 g/mol. The predicted octanol–water partition coefficient (Wildman–Crippen LogP) is 3.40. The standard InChI is InChI=1S/C17H25FN2O.ClH/c1-12(2)13(3)9-17(21)20-8-7-19-11-16(20)14-5-4-6-15(18)10-14;/h4-6,10,12-13,16,19H,7-9,11H2,1-3H3;1H. The molecule has 1 aliphatic rings. The molecule has 0 aliphatic carbocycles. The number of amides is 1. The van der Waals surface area contributed by atoms with Crippen LogP contribution in [0.5, 0.6) is 0 Å². The van der Waals surface area contributed by atoms with Crippen LogP contribution in [0.2, 0.25) is 0 Å². The highest BCUT2D eigenvalue weighted by atomic mass is 35.5. The van der Waals surface area contributed by atoms with E-state index in [0.29, 0.717) is 31.3 Å². The summed E-state index contributed by atoms with van der Waals surface area (Å²) in [6.45, 7) is 8.56. The maximum atomic E-state index is 13.4. The SMILES string of the molecule is CC(C)C(C)CC(=O)N1CCNCC1c1cccc(F)c1.Cl. The minimum Gasteiger partial charge on any atom is -0.333 e. The number of halogens is 2.